The molecule has 0 aliphatic heterocycles. The van der Waals surface area contributed by atoms with Crippen LogP contribution < -0.4 is 5.32 Å². The summed E-state index contributed by atoms with van der Waals surface area (Å²) in [6, 6.07) is 0. The fourth-order valence-electron chi connectivity index (χ4n) is 1.29. The van der Waals surface area contributed by atoms with E-state index in [1.54, 1.807) is 7.05 Å². The van der Waals surface area contributed by atoms with E-state index in [1.165, 1.54) is 17.2 Å². The molecule has 5 nitrogen and oxygen atoms in total. The lowest BCUT2D eigenvalue weighted by atomic mass is 10.4. The molecular formula is C8H8F3N5. The number of nitrogens with one attached hydrogen (secondary N) is 1. The van der Waals surface area contributed by atoms with Crippen LogP contribution in [0.25, 0.3) is 11.0 Å². The molecular weight excluding hydrogens is 223 g/mol. The molecule has 0 aliphatic rings. The summed E-state index contributed by atoms with van der Waals surface area (Å²) in [4.78, 5) is 7.66. The van der Waals surface area contributed by atoms with Gasteiger partial charge in [0, 0.05) is 7.05 Å². The number of halogens is 3. The SMILES string of the molecule is Cn1ncc2c(NCC(F)(F)F)ncnc21. The van der Waals surface area contributed by atoms with Gasteiger partial charge in [-0.1, -0.05) is 0 Å². The molecule has 1 N–H and O–H groups in total. The Kier molecular flexibility index (Phi) is 2.41. The first-order valence-corrected chi connectivity index (χ1v) is 4.41. The van der Waals surface area contributed by atoms with Crippen LogP contribution in [0.2, 0.25) is 0 Å². The highest BCUT2D eigenvalue weighted by molar-refractivity contribution is 5.85. The fraction of sp³-hybridized carbons (Fsp3) is 0.375. The predicted octanol–water partition coefficient (Wildman–Crippen LogP) is 1.34. The Hall–Kier alpha value is -1.86. The van der Waals surface area contributed by atoms with Crippen molar-refractivity contribution in [3.8, 4) is 0 Å². The van der Waals surface area contributed by atoms with E-state index < -0.39 is 12.7 Å². The minimum Gasteiger partial charge on any atom is -0.360 e. The Morgan fingerprint density at radius 1 is 1.38 bits per heavy atom. The highest BCUT2D eigenvalue weighted by atomic mass is 19.4. The number of nitrogens with zero attached hydrogens (tertiary/aromatic N) is 4. The van der Waals surface area contributed by atoms with Crippen LogP contribution >= 0.6 is 0 Å². The van der Waals surface area contributed by atoms with Gasteiger partial charge >= 0.3 is 6.18 Å². The van der Waals surface area contributed by atoms with Gasteiger partial charge < -0.3 is 5.32 Å². The summed E-state index contributed by atoms with van der Waals surface area (Å²) in [6.45, 7) is -1.13. The van der Waals surface area contributed by atoms with Gasteiger partial charge in [0.2, 0.25) is 0 Å². The molecule has 0 unspecified atom stereocenters. The van der Waals surface area contributed by atoms with E-state index in [1.807, 2.05) is 0 Å². The summed E-state index contributed by atoms with van der Waals surface area (Å²) in [5.41, 5.74) is 0.486. The number of anilines is 1. The molecule has 2 heterocycles. The van der Waals surface area contributed by atoms with E-state index in [9.17, 15) is 13.2 Å². The number of aryl methyl sites for hydroxylation is 1. The van der Waals surface area contributed by atoms with Crippen LogP contribution in [0, 0.1) is 0 Å². The van der Waals surface area contributed by atoms with Crippen molar-refractivity contribution < 1.29 is 13.2 Å². The zero-order valence-corrected chi connectivity index (χ0v) is 8.28. The molecule has 8 heteroatoms. The van der Waals surface area contributed by atoms with Gasteiger partial charge in [-0.15, -0.1) is 0 Å². The van der Waals surface area contributed by atoms with Crippen LogP contribution in [0.4, 0.5) is 19.0 Å². The zero-order valence-electron chi connectivity index (χ0n) is 8.28. The zero-order chi connectivity index (χ0) is 11.8. The largest absolute Gasteiger partial charge is 0.405 e. The van der Waals surface area contributed by atoms with E-state index in [-0.39, 0.29) is 5.82 Å². The second-order valence-electron chi connectivity index (χ2n) is 3.20. The fourth-order valence-corrected chi connectivity index (χ4v) is 1.29. The van der Waals surface area contributed by atoms with Gasteiger partial charge in [0.15, 0.2) is 5.65 Å². The third-order valence-corrected chi connectivity index (χ3v) is 1.99. The summed E-state index contributed by atoms with van der Waals surface area (Å²) in [5, 5.41) is 6.57. The average molecular weight is 231 g/mol. The van der Waals surface area contributed by atoms with Crippen molar-refractivity contribution in [2.24, 2.45) is 7.05 Å². The van der Waals surface area contributed by atoms with E-state index in [2.05, 4.69) is 20.4 Å². The van der Waals surface area contributed by atoms with Crippen LogP contribution in [-0.2, 0) is 7.05 Å². The molecule has 0 spiro atoms. The molecule has 0 fully saturated rings. The summed E-state index contributed by atoms with van der Waals surface area (Å²) in [6.07, 6.45) is -1.66. The Bertz CT molecular complexity index is 504. The molecule has 86 valence electrons. The molecule has 2 aromatic rings. The lowest BCUT2D eigenvalue weighted by Crippen LogP contribution is -2.21. The third-order valence-electron chi connectivity index (χ3n) is 1.99. The minimum atomic E-state index is -4.28. The Balaban J connectivity index is 2.31. The second-order valence-corrected chi connectivity index (χ2v) is 3.20. The molecule has 16 heavy (non-hydrogen) atoms. The highest BCUT2D eigenvalue weighted by Crippen LogP contribution is 2.20. The molecule has 0 saturated carbocycles. The number of hydrogen-bond donors (Lipinski definition) is 1. The number of alkyl halides is 3. The Labute approximate surface area is 88.3 Å². The van der Waals surface area contributed by atoms with Crippen LogP contribution in [0.1, 0.15) is 0 Å². The van der Waals surface area contributed by atoms with Crippen molar-refractivity contribution in [3.63, 3.8) is 0 Å². The summed E-state index contributed by atoms with van der Waals surface area (Å²) < 4.78 is 37.5. The lowest BCUT2D eigenvalue weighted by Gasteiger charge is -2.08. The van der Waals surface area contributed by atoms with Crippen LogP contribution in [0.15, 0.2) is 12.5 Å². The first-order valence-electron chi connectivity index (χ1n) is 4.41. The van der Waals surface area contributed by atoms with Gasteiger partial charge in [-0.25, -0.2) is 9.97 Å². The highest BCUT2D eigenvalue weighted by Gasteiger charge is 2.27. The monoisotopic (exact) mass is 231 g/mol. The second kappa shape index (κ2) is 3.62. The maximum absolute atomic E-state index is 12.0. The molecule has 0 saturated heterocycles. The Morgan fingerprint density at radius 2 is 2.12 bits per heavy atom. The molecule has 0 bridgehead atoms. The molecule has 0 aliphatic carbocycles. The standard InChI is InChI=1S/C8H8F3N5/c1-16-7-5(2-15-16)6(13-4-14-7)12-3-8(9,10)11/h2,4H,3H2,1H3,(H,12,13,14). The van der Waals surface area contributed by atoms with Crippen LogP contribution in [0.3, 0.4) is 0 Å². The van der Waals surface area contributed by atoms with Crippen LogP contribution in [-0.4, -0.2) is 32.5 Å². The van der Waals surface area contributed by atoms with E-state index >= 15 is 0 Å². The first kappa shape index (κ1) is 10.7. The number of fused-ring (bicyclic) bond motifs is 1. The van der Waals surface area contributed by atoms with E-state index in [0.29, 0.717) is 11.0 Å². The molecule has 2 aromatic heterocycles. The predicted molar refractivity (Wildman–Crippen MR) is 50.8 cm³/mol. The van der Waals surface area contributed by atoms with Crippen molar-refractivity contribution in [1.82, 2.24) is 19.7 Å². The van der Waals surface area contributed by atoms with Crippen molar-refractivity contribution in [1.29, 1.82) is 0 Å². The van der Waals surface area contributed by atoms with Gasteiger partial charge in [-0.2, -0.15) is 18.3 Å². The van der Waals surface area contributed by atoms with Crippen molar-refractivity contribution >= 4 is 16.9 Å². The number of rotatable bonds is 2. The molecule has 2 rings (SSSR count). The van der Waals surface area contributed by atoms with Crippen molar-refractivity contribution in [2.45, 2.75) is 6.18 Å². The summed E-state index contributed by atoms with van der Waals surface area (Å²) in [7, 11) is 1.66. The summed E-state index contributed by atoms with van der Waals surface area (Å²) in [5.74, 6) is 0.135. The first-order chi connectivity index (χ1) is 7.47. The molecule has 0 aromatic carbocycles. The van der Waals surface area contributed by atoms with Crippen molar-refractivity contribution in [2.75, 3.05) is 11.9 Å². The topological polar surface area (TPSA) is 55.6 Å². The quantitative estimate of drug-likeness (QED) is 0.847. The van der Waals surface area contributed by atoms with Gasteiger partial charge in [-0.05, 0) is 0 Å². The molecule has 0 amide bonds. The molecule has 0 radical (unpaired) electrons. The molecule has 0 atom stereocenters. The van der Waals surface area contributed by atoms with E-state index in [4.69, 9.17) is 0 Å². The maximum Gasteiger partial charge on any atom is 0.405 e. The smallest absolute Gasteiger partial charge is 0.360 e. The number of aromatic nitrogens is 4. The lowest BCUT2D eigenvalue weighted by molar-refractivity contribution is -0.115. The van der Waals surface area contributed by atoms with Gasteiger partial charge in [0.05, 0.1) is 11.6 Å². The van der Waals surface area contributed by atoms with Gasteiger partial charge in [-0.3, -0.25) is 4.68 Å². The van der Waals surface area contributed by atoms with Crippen molar-refractivity contribution in [3.05, 3.63) is 12.5 Å². The number of hydrogen-bond acceptors (Lipinski definition) is 4. The van der Waals surface area contributed by atoms with Gasteiger partial charge in [0.1, 0.15) is 18.7 Å². The summed E-state index contributed by atoms with van der Waals surface area (Å²) >= 11 is 0. The normalized spacial score (nSPS) is 12.0. The van der Waals surface area contributed by atoms with E-state index in [0.717, 1.165) is 0 Å². The third kappa shape index (κ3) is 2.05. The minimum absolute atomic E-state index is 0.135. The average Bonchev–Trinajstić information content (AvgIpc) is 2.57. The maximum atomic E-state index is 12.0. The van der Waals surface area contributed by atoms with Crippen LogP contribution in [0.5, 0.6) is 0 Å². The Morgan fingerprint density at radius 3 is 2.81 bits per heavy atom. The van der Waals surface area contributed by atoms with Gasteiger partial charge in [0.25, 0.3) is 0 Å².